The number of hydrogen-bond donors (Lipinski definition) is 1. The van der Waals surface area contributed by atoms with E-state index >= 15 is 0 Å². The molecule has 21 heavy (non-hydrogen) atoms. The van der Waals surface area contributed by atoms with Gasteiger partial charge in [0, 0.05) is 35.3 Å². The number of pyridine rings is 1. The molecule has 2 N–H and O–H groups in total. The van der Waals surface area contributed by atoms with Gasteiger partial charge in [-0.2, -0.15) is 0 Å². The number of ketones is 1. The zero-order valence-electron chi connectivity index (χ0n) is 12.3. The summed E-state index contributed by atoms with van der Waals surface area (Å²) in [6.45, 7) is 0.452. The maximum Gasteiger partial charge on any atom is 0.170 e. The average molecular weight is 282 g/mol. The molecule has 0 bridgehead atoms. The number of nitrogens with two attached hydrogens (primary N) is 1. The van der Waals surface area contributed by atoms with E-state index in [0.717, 1.165) is 42.0 Å². The first kappa shape index (κ1) is 14.2. The van der Waals surface area contributed by atoms with E-state index < -0.39 is 0 Å². The molecule has 0 atom stereocenters. The molecule has 2 aromatic rings. The standard InChI is InChI=1S/C18H22N2O/c19-13-18(9-3-1-2-4-10-18)17(21)16-7-5-6-14-12-20-11-8-15(14)16/h5-8,11-12H,1-4,9-10,13,19H2. The van der Waals surface area contributed by atoms with Crippen LogP contribution in [0.2, 0.25) is 0 Å². The summed E-state index contributed by atoms with van der Waals surface area (Å²) in [5, 5.41) is 2.01. The van der Waals surface area contributed by atoms with Gasteiger partial charge in [0.25, 0.3) is 0 Å². The van der Waals surface area contributed by atoms with E-state index in [1.54, 1.807) is 6.20 Å². The monoisotopic (exact) mass is 282 g/mol. The number of rotatable bonds is 3. The molecule has 0 amide bonds. The Balaban J connectivity index is 2.06. The van der Waals surface area contributed by atoms with Crippen LogP contribution in [0.1, 0.15) is 48.9 Å². The number of hydrogen-bond acceptors (Lipinski definition) is 3. The van der Waals surface area contributed by atoms with Crippen molar-refractivity contribution >= 4 is 16.6 Å². The molecule has 0 unspecified atom stereocenters. The minimum absolute atomic E-state index is 0.226. The van der Waals surface area contributed by atoms with Gasteiger partial charge in [0.1, 0.15) is 0 Å². The van der Waals surface area contributed by atoms with Crippen molar-refractivity contribution in [2.24, 2.45) is 11.1 Å². The van der Waals surface area contributed by atoms with Crippen LogP contribution in [0.25, 0.3) is 10.8 Å². The highest BCUT2D eigenvalue weighted by atomic mass is 16.1. The van der Waals surface area contributed by atoms with Gasteiger partial charge < -0.3 is 5.73 Å². The first-order valence-corrected chi connectivity index (χ1v) is 7.84. The van der Waals surface area contributed by atoms with E-state index in [1.807, 2.05) is 30.5 Å². The van der Waals surface area contributed by atoms with Gasteiger partial charge >= 0.3 is 0 Å². The van der Waals surface area contributed by atoms with Crippen molar-refractivity contribution < 1.29 is 4.79 Å². The number of nitrogens with zero attached hydrogens (tertiary/aromatic N) is 1. The fourth-order valence-corrected chi connectivity index (χ4v) is 3.54. The number of carbonyl (C=O) groups excluding carboxylic acids is 1. The maximum absolute atomic E-state index is 13.2. The highest BCUT2D eigenvalue weighted by Gasteiger charge is 2.38. The van der Waals surface area contributed by atoms with Gasteiger partial charge in [0.2, 0.25) is 0 Å². The lowest BCUT2D eigenvalue weighted by molar-refractivity contribution is 0.0776. The molecule has 1 aromatic carbocycles. The van der Waals surface area contributed by atoms with E-state index in [1.165, 1.54) is 12.8 Å². The number of aromatic nitrogens is 1. The van der Waals surface area contributed by atoms with Crippen molar-refractivity contribution in [3.05, 3.63) is 42.2 Å². The van der Waals surface area contributed by atoms with Gasteiger partial charge in [0.05, 0.1) is 0 Å². The summed E-state index contributed by atoms with van der Waals surface area (Å²) in [6.07, 6.45) is 10.1. The molecule has 1 aliphatic rings. The molecule has 1 saturated carbocycles. The fraction of sp³-hybridized carbons (Fsp3) is 0.444. The second-order valence-electron chi connectivity index (χ2n) is 6.13. The Morgan fingerprint density at radius 3 is 2.62 bits per heavy atom. The summed E-state index contributed by atoms with van der Waals surface area (Å²) in [4.78, 5) is 17.4. The van der Waals surface area contributed by atoms with Crippen molar-refractivity contribution in [1.29, 1.82) is 0 Å². The van der Waals surface area contributed by atoms with Crippen molar-refractivity contribution in [3.63, 3.8) is 0 Å². The first-order chi connectivity index (χ1) is 10.3. The van der Waals surface area contributed by atoms with Crippen molar-refractivity contribution in [2.75, 3.05) is 6.54 Å². The van der Waals surface area contributed by atoms with Gasteiger partial charge in [-0.1, -0.05) is 43.9 Å². The molecule has 0 spiro atoms. The molecule has 0 radical (unpaired) electrons. The Morgan fingerprint density at radius 2 is 1.90 bits per heavy atom. The molecule has 1 aromatic heterocycles. The zero-order chi connectivity index (χ0) is 14.7. The smallest absolute Gasteiger partial charge is 0.170 e. The molecule has 1 fully saturated rings. The summed E-state index contributed by atoms with van der Waals surface area (Å²) in [5.41, 5.74) is 6.50. The third-order valence-corrected chi connectivity index (χ3v) is 4.86. The lowest BCUT2D eigenvalue weighted by atomic mass is 9.73. The fourth-order valence-electron chi connectivity index (χ4n) is 3.54. The van der Waals surface area contributed by atoms with Crippen LogP contribution in [-0.2, 0) is 0 Å². The Kier molecular flexibility index (Phi) is 4.02. The number of carbonyl (C=O) groups is 1. The predicted molar refractivity (Wildman–Crippen MR) is 85.3 cm³/mol. The maximum atomic E-state index is 13.2. The highest BCUT2D eigenvalue weighted by molar-refractivity contribution is 6.10. The summed E-state index contributed by atoms with van der Waals surface area (Å²) >= 11 is 0. The van der Waals surface area contributed by atoms with Crippen LogP contribution in [0.3, 0.4) is 0 Å². The molecule has 0 aliphatic heterocycles. The van der Waals surface area contributed by atoms with E-state index in [-0.39, 0.29) is 11.2 Å². The predicted octanol–water partition coefficient (Wildman–Crippen LogP) is 3.72. The Labute approximate surface area is 125 Å². The van der Waals surface area contributed by atoms with E-state index in [0.29, 0.717) is 6.54 Å². The van der Waals surface area contributed by atoms with Gasteiger partial charge in [-0.15, -0.1) is 0 Å². The van der Waals surface area contributed by atoms with Crippen LogP contribution in [0.15, 0.2) is 36.7 Å². The molecule has 0 saturated heterocycles. The third kappa shape index (κ3) is 2.58. The Hall–Kier alpha value is -1.74. The first-order valence-electron chi connectivity index (χ1n) is 7.84. The second kappa shape index (κ2) is 5.94. The van der Waals surface area contributed by atoms with E-state index in [4.69, 9.17) is 5.73 Å². The van der Waals surface area contributed by atoms with Crippen molar-refractivity contribution in [3.8, 4) is 0 Å². The zero-order valence-corrected chi connectivity index (χ0v) is 12.3. The molecule has 3 rings (SSSR count). The summed E-state index contributed by atoms with van der Waals surface area (Å²) in [6, 6.07) is 7.82. The molecule has 3 heteroatoms. The minimum Gasteiger partial charge on any atom is -0.329 e. The SMILES string of the molecule is NCC1(C(=O)c2cccc3cnccc23)CCCCCC1. The van der Waals surface area contributed by atoms with Gasteiger partial charge in [-0.25, -0.2) is 0 Å². The summed E-state index contributed by atoms with van der Waals surface area (Å²) in [7, 11) is 0. The molecule has 1 heterocycles. The summed E-state index contributed by atoms with van der Waals surface area (Å²) in [5.74, 6) is 0.226. The van der Waals surface area contributed by atoms with Crippen LogP contribution >= 0.6 is 0 Å². The van der Waals surface area contributed by atoms with Gasteiger partial charge in [-0.05, 0) is 24.3 Å². The van der Waals surface area contributed by atoms with Crippen LogP contribution in [-0.4, -0.2) is 17.3 Å². The van der Waals surface area contributed by atoms with Crippen LogP contribution < -0.4 is 5.73 Å². The topological polar surface area (TPSA) is 56.0 Å². The molecule has 1 aliphatic carbocycles. The lowest BCUT2D eigenvalue weighted by Gasteiger charge is -2.30. The van der Waals surface area contributed by atoms with E-state index in [9.17, 15) is 4.79 Å². The van der Waals surface area contributed by atoms with Crippen LogP contribution in [0.5, 0.6) is 0 Å². The van der Waals surface area contributed by atoms with E-state index in [2.05, 4.69) is 4.98 Å². The highest BCUT2D eigenvalue weighted by Crippen LogP contribution is 2.38. The second-order valence-corrected chi connectivity index (χ2v) is 6.13. The Bertz CT molecular complexity index is 637. The number of fused-ring (bicyclic) bond motifs is 1. The number of benzene rings is 1. The molecule has 3 nitrogen and oxygen atoms in total. The third-order valence-electron chi connectivity index (χ3n) is 4.86. The van der Waals surface area contributed by atoms with Gasteiger partial charge in [0.15, 0.2) is 5.78 Å². The molecule has 110 valence electrons. The molecular formula is C18H22N2O. The normalized spacial score (nSPS) is 18.3. The number of Topliss-reactive ketones (excluding diaryl/α,β-unsaturated/α-hetero) is 1. The minimum atomic E-state index is -0.367. The van der Waals surface area contributed by atoms with Crippen LogP contribution in [0.4, 0.5) is 0 Å². The van der Waals surface area contributed by atoms with Crippen molar-refractivity contribution in [1.82, 2.24) is 4.98 Å². The van der Waals surface area contributed by atoms with Crippen LogP contribution in [0, 0.1) is 5.41 Å². The average Bonchev–Trinajstić information content (AvgIpc) is 2.80. The largest absolute Gasteiger partial charge is 0.329 e. The van der Waals surface area contributed by atoms with Gasteiger partial charge in [-0.3, -0.25) is 9.78 Å². The Morgan fingerprint density at radius 1 is 1.14 bits per heavy atom. The lowest BCUT2D eigenvalue weighted by Crippen LogP contribution is -2.38. The quantitative estimate of drug-likeness (QED) is 0.689. The van der Waals surface area contributed by atoms with Crippen molar-refractivity contribution in [2.45, 2.75) is 38.5 Å². The molecular weight excluding hydrogens is 260 g/mol. The summed E-state index contributed by atoms with van der Waals surface area (Å²) < 4.78 is 0.